The van der Waals surface area contributed by atoms with Crippen molar-refractivity contribution in [1.82, 2.24) is 0 Å². The lowest BCUT2D eigenvalue weighted by Crippen LogP contribution is -2.62. The normalized spacial score (nSPS) is 12.4. The minimum Gasteiger partial charge on any atom is -0.454 e. The van der Waals surface area contributed by atoms with E-state index in [0.717, 1.165) is 33.6 Å². The first-order valence-corrected chi connectivity index (χ1v) is 11.5. The van der Waals surface area contributed by atoms with Crippen LogP contribution < -0.4 is 4.57 Å². The van der Waals surface area contributed by atoms with Crippen LogP contribution in [-0.2, 0) is 24.8 Å². The van der Waals surface area contributed by atoms with E-state index in [-0.39, 0.29) is 6.61 Å². The van der Waals surface area contributed by atoms with Gasteiger partial charge in [-0.2, -0.15) is 0 Å². The lowest BCUT2D eigenvalue weighted by atomic mass is 9.97. The van der Waals surface area contributed by atoms with E-state index in [9.17, 15) is 9.59 Å². The molecule has 0 aliphatic carbocycles. The molecule has 1 aromatic heterocycles. The van der Waals surface area contributed by atoms with Crippen molar-refractivity contribution in [2.24, 2.45) is 0 Å². The van der Waals surface area contributed by atoms with E-state index in [2.05, 4.69) is 24.3 Å². The second-order valence-corrected chi connectivity index (χ2v) is 8.50. The summed E-state index contributed by atoms with van der Waals surface area (Å²) in [5.74, 6) is -0.926. The molecule has 0 bridgehead atoms. The largest absolute Gasteiger partial charge is 0.454 e. The lowest BCUT2D eigenvalue weighted by Gasteiger charge is -2.27. The molecule has 0 aliphatic heterocycles. The smallest absolute Gasteiger partial charge is 0.346 e. The van der Waals surface area contributed by atoms with Crippen molar-refractivity contribution in [3.8, 4) is 33.6 Å². The van der Waals surface area contributed by atoms with Gasteiger partial charge in [-0.15, -0.1) is 4.57 Å². The van der Waals surface area contributed by atoms with Crippen molar-refractivity contribution in [1.29, 1.82) is 0 Å². The number of nitrogens with zero attached hydrogens (tertiary/aromatic N) is 1. The monoisotopic (exact) mass is 466 g/mol. The molecule has 0 spiro atoms. The molecule has 1 heterocycles. The van der Waals surface area contributed by atoms with Crippen LogP contribution in [0.1, 0.15) is 20.8 Å². The summed E-state index contributed by atoms with van der Waals surface area (Å²) in [5.41, 5.74) is 4.28. The molecule has 0 aliphatic rings. The van der Waals surface area contributed by atoms with E-state index < -0.39 is 17.7 Å². The van der Waals surface area contributed by atoms with Crippen molar-refractivity contribution >= 4 is 11.9 Å². The van der Waals surface area contributed by atoms with E-state index in [4.69, 9.17) is 9.47 Å². The van der Waals surface area contributed by atoms with Crippen LogP contribution in [-0.4, -0.2) is 18.5 Å². The van der Waals surface area contributed by atoms with E-state index in [1.165, 1.54) is 13.8 Å². The SMILES string of the molecule is CC(=O)OCC(C)(OC(C)=O)[n+]1c(-c2ccccc2)cc(-c2ccccc2)cc1-c1ccccc1. The van der Waals surface area contributed by atoms with Crippen LogP contribution in [0.3, 0.4) is 0 Å². The summed E-state index contributed by atoms with van der Waals surface area (Å²) in [6, 6.07) is 34.1. The maximum atomic E-state index is 12.3. The molecule has 3 aromatic carbocycles. The zero-order chi connectivity index (χ0) is 24.8. The van der Waals surface area contributed by atoms with Crippen molar-refractivity contribution < 1.29 is 23.6 Å². The van der Waals surface area contributed by atoms with Gasteiger partial charge in [-0.1, -0.05) is 66.7 Å². The standard InChI is InChI=1S/C30H28NO4/c1-22(32)34-21-30(3,35-23(2)33)31-28(25-15-9-5-10-16-25)19-27(24-13-7-4-8-14-24)20-29(31)26-17-11-6-12-18-26/h4-20H,21H2,1-3H3/q+1. The van der Waals surface area contributed by atoms with E-state index in [1.807, 2.05) is 83.4 Å². The number of ether oxygens (including phenoxy) is 2. The van der Waals surface area contributed by atoms with Crippen molar-refractivity contribution in [3.63, 3.8) is 0 Å². The number of esters is 2. The van der Waals surface area contributed by atoms with Crippen LogP contribution in [0.4, 0.5) is 0 Å². The van der Waals surface area contributed by atoms with Gasteiger partial charge in [0.1, 0.15) is 0 Å². The fourth-order valence-corrected chi connectivity index (χ4v) is 4.23. The highest BCUT2D eigenvalue weighted by atomic mass is 16.6. The van der Waals surface area contributed by atoms with Gasteiger partial charge < -0.3 is 9.47 Å². The Morgan fingerprint density at radius 3 is 1.49 bits per heavy atom. The fourth-order valence-electron chi connectivity index (χ4n) is 4.23. The first kappa shape index (κ1) is 23.9. The third-order valence-corrected chi connectivity index (χ3v) is 5.69. The van der Waals surface area contributed by atoms with Gasteiger partial charge in [-0.25, -0.2) is 0 Å². The molecular formula is C30H28NO4+. The zero-order valence-corrected chi connectivity index (χ0v) is 20.1. The first-order chi connectivity index (χ1) is 16.9. The maximum absolute atomic E-state index is 12.3. The molecule has 4 rings (SSSR count). The Morgan fingerprint density at radius 1 is 0.657 bits per heavy atom. The summed E-state index contributed by atoms with van der Waals surface area (Å²) in [5, 5.41) is 0. The van der Waals surface area contributed by atoms with Gasteiger partial charge in [0.2, 0.25) is 11.4 Å². The molecule has 0 N–H and O–H groups in total. The highest BCUT2D eigenvalue weighted by Crippen LogP contribution is 2.32. The predicted molar refractivity (Wildman–Crippen MR) is 135 cm³/mol. The van der Waals surface area contributed by atoms with E-state index in [1.54, 1.807) is 6.92 Å². The van der Waals surface area contributed by atoms with Crippen LogP contribution in [0.2, 0.25) is 0 Å². The average molecular weight is 467 g/mol. The highest BCUT2D eigenvalue weighted by Gasteiger charge is 2.45. The minimum atomic E-state index is -1.30. The third-order valence-electron chi connectivity index (χ3n) is 5.69. The van der Waals surface area contributed by atoms with Crippen LogP contribution in [0.25, 0.3) is 33.6 Å². The Bertz CT molecular complexity index is 1260. The average Bonchev–Trinajstić information content (AvgIpc) is 2.88. The number of rotatable bonds is 7. The molecular weight excluding hydrogens is 438 g/mol. The summed E-state index contributed by atoms with van der Waals surface area (Å²) < 4.78 is 13.3. The molecule has 0 radical (unpaired) electrons. The molecule has 5 nitrogen and oxygen atoms in total. The van der Waals surface area contributed by atoms with Crippen LogP contribution >= 0.6 is 0 Å². The number of benzene rings is 3. The zero-order valence-electron chi connectivity index (χ0n) is 20.1. The molecule has 0 fully saturated rings. The topological polar surface area (TPSA) is 56.5 Å². The van der Waals surface area contributed by atoms with E-state index in [0.29, 0.717) is 0 Å². The Hall–Kier alpha value is -4.25. The quantitative estimate of drug-likeness (QED) is 0.256. The van der Waals surface area contributed by atoms with Gasteiger partial charge in [0.15, 0.2) is 6.61 Å². The Balaban J connectivity index is 2.09. The van der Waals surface area contributed by atoms with Gasteiger partial charge >= 0.3 is 17.7 Å². The van der Waals surface area contributed by atoms with Gasteiger partial charge in [0.25, 0.3) is 0 Å². The summed E-state index contributed by atoms with van der Waals surface area (Å²) in [7, 11) is 0. The molecule has 0 saturated carbocycles. The van der Waals surface area contributed by atoms with Crippen molar-refractivity contribution in [2.45, 2.75) is 26.5 Å². The molecule has 5 heteroatoms. The third kappa shape index (κ3) is 5.46. The van der Waals surface area contributed by atoms with E-state index >= 15 is 0 Å². The predicted octanol–water partition coefficient (Wildman–Crippen LogP) is 5.77. The van der Waals surface area contributed by atoms with Crippen LogP contribution in [0, 0.1) is 0 Å². The molecule has 4 aromatic rings. The summed E-state index contributed by atoms with van der Waals surface area (Å²) in [6.45, 7) is 4.32. The summed E-state index contributed by atoms with van der Waals surface area (Å²) in [6.07, 6.45) is 0. The van der Waals surface area contributed by atoms with Crippen molar-refractivity contribution in [3.05, 3.63) is 103 Å². The molecule has 0 saturated heterocycles. The Kier molecular flexibility index (Phi) is 7.06. The Labute approximate surface area is 205 Å². The van der Waals surface area contributed by atoms with Crippen molar-refractivity contribution in [2.75, 3.05) is 6.61 Å². The fraction of sp³-hybridized carbons (Fsp3) is 0.167. The minimum absolute atomic E-state index is 0.142. The lowest BCUT2D eigenvalue weighted by molar-refractivity contribution is -0.783. The second kappa shape index (κ2) is 10.3. The number of hydrogen-bond acceptors (Lipinski definition) is 4. The number of carbonyl (C=O) groups is 2. The number of aromatic nitrogens is 1. The number of hydrogen-bond donors (Lipinski definition) is 0. The highest BCUT2D eigenvalue weighted by molar-refractivity contribution is 5.74. The molecule has 1 atom stereocenters. The molecule has 35 heavy (non-hydrogen) atoms. The molecule has 176 valence electrons. The van der Waals surface area contributed by atoms with Crippen LogP contribution in [0.5, 0.6) is 0 Å². The van der Waals surface area contributed by atoms with Gasteiger partial charge in [0, 0.05) is 44.0 Å². The van der Waals surface area contributed by atoms with Gasteiger partial charge in [-0.05, 0) is 35.4 Å². The first-order valence-electron chi connectivity index (χ1n) is 11.5. The molecule has 1 unspecified atom stereocenters. The summed E-state index contributed by atoms with van der Waals surface area (Å²) in [4.78, 5) is 24.1. The Morgan fingerprint density at radius 2 is 1.09 bits per heavy atom. The van der Waals surface area contributed by atoms with Gasteiger partial charge in [-0.3, -0.25) is 9.59 Å². The number of carbonyl (C=O) groups excluding carboxylic acids is 2. The maximum Gasteiger partial charge on any atom is 0.346 e. The molecule has 0 amide bonds. The van der Waals surface area contributed by atoms with Gasteiger partial charge in [0.05, 0.1) is 0 Å². The number of pyridine rings is 1. The summed E-state index contributed by atoms with van der Waals surface area (Å²) >= 11 is 0. The second-order valence-electron chi connectivity index (χ2n) is 8.50. The van der Waals surface area contributed by atoms with Crippen LogP contribution in [0.15, 0.2) is 103 Å².